The third kappa shape index (κ3) is 3.27. The first-order chi connectivity index (χ1) is 8.30. The maximum atomic E-state index is 3.74. The molecule has 2 heteroatoms. The van der Waals surface area contributed by atoms with Gasteiger partial charge in [-0.05, 0) is 32.1 Å². The van der Waals surface area contributed by atoms with Gasteiger partial charge in [0.15, 0.2) is 0 Å². The molecule has 0 spiro atoms. The molecule has 1 unspecified atom stereocenters. The molecule has 106 valence electrons. The summed E-state index contributed by atoms with van der Waals surface area (Å²) < 4.78 is 0. The third-order valence-corrected chi connectivity index (χ3v) is 4.80. The predicted octanol–water partition coefficient (Wildman–Crippen LogP) is 3.42. The summed E-state index contributed by atoms with van der Waals surface area (Å²) in [4.78, 5) is 2.84. The summed E-state index contributed by atoms with van der Waals surface area (Å²) in [5.74, 6) is 0. The van der Waals surface area contributed by atoms with Crippen LogP contribution in [0.1, 0.15) is 66.7 Å². The molecule has 1 saturated heterocycles. The number of piperazine rings is 1. The number of hydrogen-bond acceptors (Lipinski definition) is 2. The highest BCUT2D eigenvalue weighted by Crippen LogP contribution is 2.34. The van der Waals surface area contributed by atoms with Gasteiger partial charge in [0, 0.05) is 30.7 Å². The van der Waals surface area contributed by atoms with E-state index >= 15 is 0 Å². The highest BCUT2D eigenvalue weighted by molar-refractivity contribution is 4.99. The Morgan fingerprint density at radius 3 is 2.22 bits per heavy atom. The van der Waals surface area contributed by atoms with E-state index in [0.29, 0.717) is 11.5 Å². The Balaban J connectivity index is 2.13. The van der Waals surface area contributed by atoms with Crippen molar-refractivity contribution >= 4 is 0 Å². The minimum absolute atomic E-state index is 0.277. The monoisotopic (exact) mass is 252 g/mol. The van der Waals surface area contributed by atoms with Crippen molar-refractivity contribution in [1.29, 1.82) is 0 Å². The molecule has 2 aliphatic rings. The van der Waals surface area contributed by atoms with Crippen molar-refractivity contribution in [2.24, 2.45) is 5.41 Å². The summed E-state index contributed by atoms with van der Waals surface area (Å²) in [6.07, 6.45) is 7.16. The lowest BCUT2D eigenvalue weighted by molar-refractivity contribution is -0.00996. The minimum Gasteiger partial charge on any atom is -0.309 e. The van der Waals surface area contributed by atoms with Crippen LogP contribution in [-0.4, -0.2) is 35.6 Å². The molecule has 2 fully saturated rings. The van der Waals surface area contributed by atoms with Crippen LogP contribution in [-0.2, 0) is 0 Å². The Morgan fingerprint density at radius 1 is 1.06 bits per heavy atom. The lowest BCUT2D eigenvalue weighted by Crippen LogP contribution is -2.66. The fourth-order valence-electron chi connectivity index (χ4n) is 3.71. The van der Waals surface area contributed by atoms with E-state index in [9.17, 15) is 0 Å². The lowest BCUT2D eigenvalue weighted by atomic mass is 9.80. The summed E-state index contributed by atoms with van der Waals surface area (Å²) in [5.41, 5.74) is 0.653. The van der Waals surface area contributed by atoms with Gasteiger partial charge in [0.05, 0.1) is 0 Å². The molecular weight excluding hydrogens is 220 g/mol. The summed E-state index contributed by atoms with van der Waals surface area (Å²) in [6, 6.07) is 1.53. The first kappa shape index (κ1) is 14.3. The van der Waals surface area contributed by atoms with E-state index in [4.69, 9.17) is 0 Å². The Hall–Kier alpha value is -0.0800. The van der Waals surface area contributed by atoms with E-state index in [1.54, 1.807) is 0 Å². The van der Waals surface area contributed by atoms with Gasteiger partial charge in [-0.15, -0.1) is 0 Å². The lowest BCUT2D eigenvalue weighted by Gasteiger charge is -2.53. The molecular formula is C16H32N2. The summed E-state index contributed by atoms with van der Waals surface area (Å²) in [6.45, 7) is 14.2. The quantitative estimate of drug-likeness (QED) is 0.769. The summed E-state index contributed by atoms with van der Waals surface area (Å²) in [7, 11) is 0. The van der Waals surface area contributed by atoms with Gasteiger partial charge in [0.2, 0.25) is 0 Å². The summed E-state index contributed by atoms with van der Waals surface area (Å²) >= 11 is 0. The third-order valence-electron chi connectivity index (χ3n) is 4.80. The minimum atomic E-state index is 0.277. The van der Waals surface area contributed by atoms with Crippen LogP contribution in [0, 0.1) is 5.41 Å². The number of hydrogen-bond donors (Lipinski definition) is 1. The SMILES string of the molecule is CC1(C)CN(C2CCCCC2)C(C(C)(C)C)CN1. The van der Waals surface area contributed by atoms with Gasteiger partial charge in [-0.2, -0.15) is 0 Å². The average Bonchev–Trinajstić information content (AvgIpc) is 2.27. The van der Waals surface area contributed by atoms with Crippen molar-refractivity contribution in [2.45, 2.75) is 84.3 Å². The predicted molar refractivity (Wildman–Crippen MR) is 78.9 cm³/mol. The Kier molecular flexibility index (Phi) is 4.08. The molecule has 0 bridgehead atoms. The van der Waals surface area contributed by atoms with Crippen LogP contribution in [0.25, 0.3) is 0 Å². The first-order valence-electron chi connectivity index (χ1n) is 7.80. The second-order valence-electron chi connectivity index (χ2n) is 8.11. The molecule has 2 rings (SSSR count). The average molecular weight is 252 g/mol. The van der Waals surface area contributed by atoms with Crippen LogP contribution in [0.2, 0.25) is 0 Å². The zero-order valence-electron chi connectivity index (χ0n) is 13.1. The highest BCUT2D eigenvalue weighted by atomic mass is 15.3. The van der Waals surface area contributed by atoms with Crippen LogP contribution in [0.5, 0.6) is 0 Å². The van der Waals surface area contributed by atoms with Crippen molar-refractivity contribution in [3.05, 3.63) is 0 Å². The molecule has 1 N–H and O–H groups in total. The van der Waals surface area contributed by atoms with Crippen LogP contribution < -0.4 is 5.32 Å². The maximum absolute atomic E-state index is 3.74. The normalized spacial score (nSPS) is 31.5. The van der Waals surface area contributed by atoms with E-state index in [1.807, 2.05) is 0 Å². The molecule has 18 heavy (non-hydrogen) atoms. The number of rotatable bonds is 1. The van der Waals surface area contributed by atoms with E-state index in [0.717, 1.165) is 12.6 Å². The van der Waals surface area contributed by atoms with Crippen LogP contribution >= 0.6 is 0 Å². The zero-order chi connectivity index (χ0) is 13.4. The molecule has 0 aromatic carbocycles. The van der Waals surface area contributed by atoms with Gasteiger partial charge in [-0.3, -0.25) is 4.90 Å². The van der Waals surface area contributed by atoms with Crippen LogP contribution in [0.4, 0.5) is 0 Å². The van der Waals surface area contributed by atoms with Gasteiger partial charge in [-0.1, -0.05) is 40.0 Å². The smallest absolute Gasteiger partial charge is 0.0272 e. The van der Waals surface area contributed by atoms with E-state index in [1.165, 1.54) is 38.6 Å². The van der Waals surface area contributed by atoms with Crippen molar-refractivity contribution in [3.63, 3.8) is 0 Å². The van der Waals surface area contributed by atoms with E-state index in [-0.39, 0.29) is 5.54 Å². The molecule has 2 nitrogen and oxygen atoms in total. The molecule has 1 aliphatic carbocycles. The molecule has 1 aliphatic heterocycles. The van der Waals surface area contributed by atoms with Crippen molar-refractivity contribution < 1.29 is 0 Å². The molecule has 0 aromatic rings. The Bertz CT molecular complexity index is 271. The second-order valence-corrected chi connectivity index (χ2v) is 8.11. The van der Waals surface area contributed by atoms with Gasteiger partial charge in [0.1, 0.15) is 0 Å². The molecule has 0 aromatic heterocycles. The highest BCUT2D eigenvalue weighted by Gasteiger charge is 2.41. The standard InChI is InChI=1S/C16H32N2/c1-15(2,3)14-11-17-16(4,5)12-18(14)13-9-7-6-8-10-13/h13-14,17H,6-12H2,1-5H3. The molecule has 1 heterocycles. The summed E-state index contributed by atoms with van der Waals surface area (Å²) in [5, 5.41) is 3.74. The van der Waals surface area contributed by atoms with Gasteiger partial charge in [0.25, 0.3) is 0 Å². The van der Waals surface area contributed by atoms with Gasteiger partial charge in [-0.25, -0.2) is 0 Å². The van der Waals surface area contributed by atoms with Crippen molar-refractivity contribution in [3.8, 4) is 0 Å². The molecule has 1 atom stereocenters. The van der Waals surface area contributed by atoms with E-state index < -0.39 is 0 Å². The van der Waals surface area contributed by atoms with Crippen molar-refractivity contribution in [2.75, 3.05) is 13.1 Å². The molecule has 0 amide bonds. The van der Waals surface area contributed by atoms with Crippen molar-refractivity contribution in [1.82, 2.24) is 10.2 Å². The number of nitrogens with zero attached hydrogens (tertiary/aromatic N) is 1. The van der Waals surface area contributed by atoms with E-state index in [2.05, 4.69) is 44.8 Å². The van der Waals surface area contributed by atoms with Crippen LogP contribution in [0.3, 0.4) is 0 Å². The zero-order valence-corrected chi connectivity index (χ0v) is 13.1. The van der Waals surface area contributed by atoms with Crippen LogP contribution in [0.15, 0.2) is 0 Å². The number of nitrogens with one attached hydrogen (secondary N) is 1. The molecule has 0 radical (unpaired) electrons. The topological polar surface area (TPSA) is 15.3 Å². The fraction of sp³-hybridized carbons (Fsp3) is 1.00. The second kappa shape index (κ2) is 5.13. The van der Waals surface area contributed by atoms with Gasteiger partial charge >= 0.3 is 0 Å². The Morgan fingerprint density at radius 2 is 1.67 bits per heavy atom. The van der Waals surface area contributed by atoms with Gasteiger partial charge < -0.3 is 5.32 Å². The molecule has 1 saturated carbocycles. The maximum Gasteiger partial charge on any atom is 0.0272 e. The largest absolute Gasteiger partial charge is 0.309 e. The first-order valence-corrected chi connectivity index (χ1v) is 7.80. The Labute approximate surface area is 114 Å². The fourth-order valence-corrected chi connectivity index (χ4v) is 3.71.